The molecule has 2 aliphatic heterocycles. The summed E-state index contributed by atoms with van der Waals surface area (Å²) >= 11 is 0. The van der Waals surface area contributed by atoms with Crippen LogP contribution in [0.5, 0.6) is 40.2 Å². The molecular weight excluding hydrogens is 568 g/mol. The number of nitrogens with zero attached hydrogens (tertiary/aromatic N) is 2. The summed E-state index contributed by atoms with van der Waals surface area (Å²) in [5.74, 6) is 3.40. The van der Waals surface area contributed by atoms with Gasteiger partial charge >= 0.3 is 0 Å². The highest BCUT2D eigenvalue weighted by Crippen LogP contribution is 2.41. The molecule has 0 aliphatic carbocycles. The van der Waals surface area contributed by atoms with Crippen LogP contribution in [0, 0.1) is 0 Å². The van der Waals surface area contributed by atoms with E-state index in [2.05, 4.69) is 48.2 Å². The van der Waals surface area contributed by atoms with Crippen LogP contribution in [0.1, 0.15) is 45.5 Å². The summed E-state index contributed by atoms with van der Waals surface area (Å²) in [5.41, 5.74) is 6.91. The molecule has 8 nitrogen and oxygen atoms in total. The molecule has 4 aromatic rings. The van der Waals surface area contributed by atoms with E-state index >= 15 is 0 Å². The first-order chi connectivity index (χ1) is 21.8. The molecule has 236 valence electrons. The highest BCUT2D eigenvalue weighted by atomic mass is 16.5. The monoisotopic (exact) mass is 610 g/mol. The van der Waals surface area contributed by atoms with E-state index in [0.29, 0.717) is 23.0 Å². The lowest BCUT2D eigenvalue weighted by Gasteiger charge is -2.35. The van der Waals surface area contributed by atoms with Gasteiger partial charge in [-0.1, -0.05) is 18.2 Å². The Balaban J connectivity index is 1.24. The van der Waals surface area contributed by atoms with Crippen molar-refractivity contribution in [2.75, 3.05) is 48.5 Å². The van der Waals surface area contributed by atoms with Crippen molar-refractivity contribution in [3.8, 4) is 40.2 Å². The number of benzene rings is 4. The molecule has 0 saturated heterocycles. The van der Waals surface area contributed by atoms with Crippen LogP contribution in [0.2, 0.25) is 0 Å². The number of methoxy groups -OCH3 is 3. The maximum Gasteiger partial charge on any atom is 0.169 e. The molecule has 0 radical (unpaired) electrons. The van der Waals surface area contributed by atoms with E-state index in [1.165, 1.54) is 11.1 Å². The molecule has 2 aliphatic rings. The first-order valence-electron chi connectivity index (χ1n) is 15.4. The number of hydrogen-bond acceptors (Lipinski definition) is 8. The molecule has 8 heteroatoms. The van der Waals surface area contributed by atoms with Gasteiger partial charge in [0.1, 0.15) is 5.75 Å². The Hall–Kier alpha value is -4.40. The summed E-state index contributed by atoms with van der Waals surface area (Å²) in [6.07, 6.45) is 3.34. The van der Waals surface area contributed by atoms with E-state index in [1.54, 1.807) is 21.3 Å². The molecule has 0 bridgehead atoms. The standard InChI is InChI=1S/C37H42N2O6/c1-38-13-11-25-19-35(43-4)32(40)21-28(25)30(38)16-23-7-6-8-27(15-23)45-37-18-24(9-10-34(37)42-3)17-31-29-22-33(41)36(44-5)20-26(29)12-14-39(31)2/h6-10,15,18-22,30-31,40-41H,11-14,16-17H2,1-5H3. The zero-order chi connectivity index (χ0) is 31.7. The minimum absolute atomic E-state index is 0.102. The molecule has 45 heavy (non-hydrogen) atoms. The summed E-state index contributed by atoms with van der Waals surface area (Å²) in [5, 5.41) is 21.1. The normalized spacial score (nSPS) is 18.2. The van der Waals surface area contributed by atoms with Crippen molar-refractivity contribution in [1.29, 1.82) is 0 Å². The number of phenolic OH excluding ortho intramolecular Hbond substituents is 2. The van der Waals surface area contributed by atoms with Crippen LogP contribution < -0.4 is 18.9 Å². The van der Waals surface area contributed by atoms with Crippen LogP contribution in [-0.2, 0) is 25.7 Å². The zero-order valence-electron chi connectivity index (χ0n) is 26.7. The average Bonchev–Trinajstić information content (AvgIpc) is 3.04. The van der Waals surface area contributed by atoms with E-state index in [4.69, 9.17) is 18.9 Å². The first-order valence-corrected chi connectivity index (χ1v) is 15.4. The third kappa shape index (κ3) is 6.26. The average molecular weight is 611 g/mol. The second-order valence-electron chi connectivity index (χ2n) is 12.1. The van der Waals surface area contributed by atoms with Crippen molar-refractivity contribution >= 4 is 0 Å². The van der Waals surface area contributed by atoms with E-state index in [1.807, 2.05) is 42.5 Å². The highest BCUT2D eigenvalue weighted by molar-refractivity contribution is 5.51. The summed E-state index contributed by atoms with van der Waals surface area (Å²) in [6, 6.07) is 22.1. The summed E-state index contributed by atoms with van der Waals surface area (Å²) in [6.45, 7) is 1.85. The Morgan fingerprint density at radius 3 is 1.69 bits per heavy atom. The number of aromatic hydroxyl groups is 2. The van der Waals surface area contributed by atoms with E-state index < -0.39 is 0 Å². The van der Waals surface area contributed by atoms with Gasteiger partial charge in [0, 0.05) is 25.2 Å². The molecule has 0 amide bonds. The van der Waals surface area contributed by atoms with E-state index in [9.17, 15) is 10.2 Å². The van der Waals surface area contributed by atoms with Gasteiger partial charge in [0.2, 0.25) is 0 Å². The molecule has 0 fully saturated rings. The molecular formula is C37H42N2O6. The lowest BCUT2D eigenvalue weighted by molar-refractivity contribution is 0.228. The number of phenols is 2. The van der Waals surface area contributed by atoms with Crippen LogP contribution in [0.4, 0.5) is 0 Å². The third-order valence-corrected chi connectivity index (χ3v) is 9.34. The van der Waals surface area contributed by atoms with E-state index in [0.717, 1.165) is 66.8 Å². The number of likely N-dealkylation sites (N-methyl/N-ethyl adjacent to an activating group) is 2. The molecule has 2 N–H and O–H groups in total. The molecule has 4 aromatic carbocycles. The summed E-state index contributed by atoms with van der Waals surface area (Å²) in [7, 11) is 9.08. The fraction of sp³-hybridized carbons (Fsp3) is 0.351. The van der Waals surface area contributed by atoms with Gasteiger partial charge in [0.15, 0.2) is 34.5 Å². The molecule has 0 spiro atoms. The van der Waals surface area contributed by atoms with Gasteiger partial charge in [-0.3, -0.25) is 9.80 Å². The topological polar surface area (TPSA) is 83.9 Å². The minimum atomic E-state index is 0.102. The van der Waals surface area contributed by atoms with Crippen molar-refractivity contribution in [2.24, 2.45) is 0 Å². The lowest BCUT2D eigenvalue weighted by Crippen LogP contribution is -2.33. The summed E-state index contributed by atoms with van der Waals surface area (Å²) < 4.78 is 22.9. The molecule has 0 saturated carbocycles. The molecule has 2 atom stereocenters. The van der Waals surface area contributed by atoms with Crippen LogP contribution in [-0.4, -0.2) is 68.5 Å². The van der Waals surface area contributed by atoms with Crippen molar-refractivity contribution in [2.45, 2.75) is 37.8 Å². The van der Waals surface area contributed by atoms with Gasteiger partial charge in [0.25, 0.3) is 0 Å². The van der Waals surface area contributed by atoms with Gasteiger partial charge in [0.05, 0.1) is 21.3 Å². The van der Waals surface area contributed by atoms with Gasteiger partial charge in [-0.25, -0.2) is 0 Å². The van der Waals surface area contributed by atoms with Crippen molar-refractivity contribution < 1.29 is 29.2 Å². The Labute approximate surface area is 265 Å². The van der Waals surface area contributed by atoms with Crippen LogP contribution in [0.3, 0.4) is 0 Å². The van der Waals surface area contributed by atoms with Gasteiger partial charge in [-0.2, -0.15) is 0 Å². The van der Waals surface area contributed by atoms with Crippen LogP contribution >= 0.6 is 0 Å². The van der Waals surface area contributed by atoms with E-state index in [-0.39, 0.29) is 23.6 Å². The van der Waals surface area contributed by atoms with Gasteiger partial charge < -0.3 is 29.2 Å². The summed E-state index contributed by atoms with van der Waals surface area (Å²) in [4.78, 5) is 4.67. The van der Waals surface area contributed by atoms with Crippen LogP contribution in [0.15, 0.2) is 66.7 Å². The second kappa shape index (κ2) is 12.9. The molecule has 2 heterocycles. The second-order valence-corrected chi connectivity index (χ2v) is 12.1. The fourth-order valence-electron chi connectivity index (χ4n) is 6.78. The van der Waals surface area contributed by atoms with Gasteiger partial charge in [-0.05, 0) is 122 Å². The molecule has 6 rings (SSSR count). The first kappa shape index (κ1) is 30.6. The number of fused-ring (bicyclic) bond motifs is 2. The number of rotatable bonds is 9. The SMILES string of the molecule is COc1cc2c(cc1O)C(Cc1cccc(Oc3cc(CC4c5cc(O)c(OC)cc5CCN4C)ccc3OC)c1)N(C)CC2. The lowest BCUT2D eigenvalue weighted by atomic mass is 9.88. The van der Waals surface area contributed by atoms with Crippen LogP contribution in [0.25, 0.3) is 0 Å². The number of hydrogen-bond donors (Lipinski definition) is 2. The fourth-order valence-corrected chi connectivity index (χ4v) is 6.78. The Morgan fingerprint density at radius 1 is 0.622 bits per heavy atom. The highest BCUT2D eigenvalue weighted by Gasteiger charge is 2.28. The maximum atomic E-state index is 10.5. The van der Waals surface area contributed by atoms with Gasteiger partial charge in [-0.15, -0.1) is 0 Å². The maximum absolute atomic E-state index is 10.5. The smallest absolute Gasteiger partial charge is 0.169 e. The largest absolute Gasteiger partial charge is 0.504 e. The molecule has 2 unspecified atom stereocenters. The van der Waals surface area contributed by atoms with Crippen molar-refractivity contribution in [3.05, 3.63) is 100 Å². The number of ether oxygens (including phenoxy) is 4. The Kier molecular flexibility index (Phi) is 8.79. The Morgan fingerprint density at radius 2 is 1.16 bits per heavy atom. The zero-order valence-corrected chi connectivity index (χ0v) is 26.7. The van der Waals surface area contributed by atoms with Crippen molar-refractivity contribution in [3.63, 3.8) is 0 Å². The Bertz CT molecular complexity index is 1690. The predicted octanol–water partition coefficient (Wildman–Crippen LogP) is 6.46. The quantitative estimate of drug-likeness (QED) is 0.224. The predicted molar refractivity (Wildman–Crippen MR) is 174 cm³/mol. The third-order valence-electron chi connectivity index (χ3n) is 9.34. The van der Waals surface area contributed by atoms with Crippen molar-refractivity contribution in [1.82, 2.24) is 9.80 Å². The minimum Gasteiger partial charge on any atom is -0.504 e. The molecule has 0 aromatic heterocycles.